The Kier molecular flexibility index (Phi) is 5.32. The van der Waals surface area contributed by atoms with Crippen LogP contribution in [0.25, 0.3) is 10.9 Å². The zero-order chi connectivity index (χ0) is 18.7. The summed E-state index contributed by atoms with van der Waals surface area (Å²) in [5, 5.41) is 8.52. The summed E-state index contributed by atoms with van der Waals surface area (Å²) < 4.78 is 0. The first kappa shape index (κ1) is 18.1. The first-order valence-electron chi connectivity index (χ1n) is 8.47. The third kappa shape index (κ3) is 3.75. The van der Waals surface area contributed by atoms with Crippen LogP contribution in [0.3, 0.4) is 0 Å². The number of thiophene rings is 1. The highest BCUT2D eigenvalue weighted by Crippen LogP contribution is 2.25. The standard InChI is InChI=1S/C20H21N3O2S/c1-12(2)17(23-19(24)16-7-5-11-26-16)20(25)22-15-9-8-13(3)18-14(15)6-4-10-21-18/h4-12,17H,1-3H3,(H,22,25)(H,23,24). The van der Waals surface area contributed by atoms with Crippen molar-refractivity contribution >= 4 is 39.7 Å². The van der Waals surface area contributed by atoms with Crippen LogP contribution >= 0.6 is 11.3 Å². The lowest BCUT2D eigenvalue weighted by atomic mass is 10.0. The number of aryl methyl sites for hydroxylation is 1. The van der Waals surface area contributed by atoms with Crippen molar-refractivity contribution in [2.45, 2.75) is 26.8 Å². The minimum Gasteiger partial charge on any atom is -0.339 e. The molecule has 0 aliphatic rings. The maximum atomic E-state index is 12.8. The summed E-state index contributed by atoms with van der Waals surface area (Å²) in [5.41, 5.74) is 2.60. The van der Waals surface area contributed by atoms with Gasteiger partial charge in [0.25, 0.3) is 5.91 Å². The van der Waals surface area contributed by atoms with Crippen LogP contribution in [0.5, 0.6) is 0 Å². The van der Waals surface area contributed by atoms with Crippen molar-refractivity contribution in [1.29, 1.82) is 0 Å². The van der Waals surface area contributed by atoms with Gasteiger partial charge in [-0.15, -0.1) is 11.3 Å². The highest BCUT2D eigenvalue weighted by atomic mass is 32.1. The summed E-state index contributed by atoms with van der Waals surface area (Å²) in [6, 6.07) is 10.5. The van der Waals surface area contributed by atoms with Gasteiger partial charge in [-0.25, -0.2) is 0 Å². The van der Waals surface area contributed by atoms with Crippen LogP contribution in [-0.2, 0) is 4.79 Å². The Morgan fingerprint density at radius 3 is 2.62 bits per heavy atom. The van der Waals surface area contributed by atoms with E-state index in [1.807, 2.05) is 56.5 Å². The number of fused-ring (bicyclic) bond motifs is 1. The van der Waals surface area contributed by atoms with E-state index < -0.39 is 6.04 Å². The van der Waals surface area contributed by atoms with Crippen molar-refractivity contribution in [1.82, 2.24) is 10.3 Å². The predicted octanol–water partition coefficient (Wildman–Crippen LogP) is 4.00. The Hall–Kier alpha value is -2.73. The van der Waals surface area contributed by atoms with Gasteiger partial charge < -0.3 is 10.6 Å². The SMILES string of the molecule is Cc1ccc(NC(=O)C(NC(=O)c2cccs2)C(C)C)c2cccnc12. The topological polar surface area (TPSA) is 71.1 Å². The number of hydrogen-bond acceptors (Lipinski definition) is 4. The predicted molar refractivity (Wildman–Crippen MR) is 106 cm³/mol. The van der Waals surface area contributed by atoms with E-state index in [2.05, 4.69) is 15.6 Å². The van der Waals surface area contributed by atoms with Gasteiger partial charge in [-0.2, -0.15) is 0 Å². The maximum absolute atomic E-state index is 12.8. The Bertz CT molecular complexity index is 935. The van der Waals surface area contributed by atoms with Gasteiger partial charge in [0, 0.05) is 11.6 Å². The Morgan fingerprint density at radius 1 is 1.12 bits per heavy atom. The number of nitrogens with one attached hydrogen (secondary N) is 2. The summed E-state index contributed by atoms with van der Waals surface area (Å²) in [4.78, 5) is 30.2. The van der Waals surface area contributed by atoms with Gasteiger partial charge in [0.1, 0.15) is 6.04 Å². The van der Waals surface area contributed by atoms with Crippen molar-refractivity contribution in [2.75, 3.05) is 5.32 Å². The van der Waals surface area contributed by atoms with Crippen LogP contribution in [-0.4, -0.2) is 22.8 Å². The van der Waals surface area contributed by atoms with Gasteiger partial charge in [-0.3, -0.25) is 14.6 Å². The van der Waals surface area contributed by atoms with Crippen molar-refractivity contribution < 1.29 is 9.59 Å². The largest absolute Gasteiger partial charge is 0.339 e. The molecule has 5 nitrogen and oxygen atoms in total. The summed E-state index contributed by atoms with van der Waals surface area (Å²) >= 11 is 1.35. The highest BCUT2D eigenvalue weighted by molar-refractivity contribution is 7.12. The molecule has 0 aliphatic heterocycles. The summed E-state index contributed by atoms with van der Waals surface area (Å²) in [6.45, 7) is 5.81. The summed E-state index contributed by atoms with van der Waals surface area (Å²) in [6.07, 6.45) is 1.74. The monoisotopic (exact) mass is 367 g/mol. The van der Waals surface area contributed by atoms with E-state index in [1.165, 1.54) is 11.3 Å². The second kappa shape index (κ2) is 7.66. The molecule has 26 heavy (non-hydrogen) atoms. The lowest BCUT2D eigenvalue weighted by Crippen LogP contribution is -2.47. The smallest absolute Gasteiger partial charge is 0.262 e. The number of carbonyl (C=O) groups is 2. The van der Waals surface area contributed by atoms with Gasteiger partial charge in [0.2, 0.25) is 5.91 Å². The van der Waals surface area contributed by atoms with Crippen molar-refractivity contribution in [3.8, 4) is 0 Å². The molecule has 0 spiro atoms. The van der Waals surface area contributed by atoms with E-state index in [-0.39, 0.29) is 17.7 Å². The van der Waals surface area contributed by atoms with Crippen molar-refractivity contribution in [3.63, 3.8) is 0 Å². The molecule has 134 valence electrons. The number of carbonyl (C=O) groups excluding carboxylic acids is 2. The summed E-state index contributed by atoms with van der Waals surface area (Å²) in [5.74, 6) is -0.517. The molecule has 0 bridgehead atoms. The van der Waals surface area contributed by atoms with E-state index in [0.717, 1.165) is 16.5 Å². The van der Waals surface area contributed by atoms with Gasteiger partial charge in [0.15, 0.2) is 0 Å². The fourth-order valence-electron chi connectivity index (χ4n) is 2.79. The number of anilines is 1. The number of amides is 2. The Morgan fingerprint density at radius 2 is 1.92 bits per heavy atom. The minimum atomic E-state index is -0.627. The normalized spacial score (nSPS) is 12.2. The average molecular weight is 367 g/mol. The number of hydrogen-bond donors (Lipinski definition) is 2. The van der Waals surface area contributed by atoms with E-state index in [4.69, 9.17) is 0 Å². The number of rotatable bonds is 5. The van der Waals surface area contributed by atoms with Gasteiger partial charge in [-0.05, 0) is 48.1 Å². The molecule has 1 atom stereocenters. The first-order chi connectivity index (χ1) is 12.5. The van der Waals surface area contributed by atoms with E-state index >= 15 is 0 Å². The molecule has 3 aromatic rings. The number of pyridine rings is 1. The minimum absolute atomic E-state index is 0.0475. The molecule has 0 fully saturated rings. The van der Waals surface area contributed by atoms with Gasteiger partial charge in [-0.1, -0.05) is 26.0 Å². The van der Waals surface area contributed by atoms with Crippen LogP contribution < -0.4 is 10.6 Å². The van der Waals surface area contributed by atoms with Crippen LogP contribution in [0.1, 0.15) is 29.1 Å². The molecule has 1 unspecified atom stereocenters. The Balaban J connectivity index is 1.83. The molecule has 2 aromatic heterocycles. The number of aromatic nitrogens is 1. The van der Waals surface area contributed by atoms with Crippen LogP contribution in [0.15, 0.2) is 48.0 Å². The third-order valence-electron chi connectivity index (χ3n) is 4.21. The zero-order valence-corrected chi connectivity index (χ0v) is 15.8. The molecule has 1 aromatic carbocycles. The molecular weight excluding hydrogens is 346 g/mol. The third-order valence-corrected chi connectivity index (χ3v) is 5.08. The molecule has 0 aliphatic carbocycles. The van der Waals surface area contributed by atoms with Crippen LogP contribution in [0.4, 0.5) is 5.69 Å². The van der Waals surface area contributed by atoms with E-state index in [0.29, 0.717) is 10.6 Å². The molecule has 2 amide bonds. The van der Waals surface area contributed by atoms with Crippen LogP contribution in [0.2, 0.25) is 0 Å². The van der Waals surface area contributed by atoms with Gasteiger partial charge >= 0.3 is 0 Å². The quantitative estimate of drug-likeness (QED) is 0.716. The van der Waals surface area contributed by atoms with E-state index in [1.54, 1.807) is 12.3 Å². The lowest BCUT2D eigenvalue weighted by Gasteiger charge is -2.22. The summed E-state index contributed by atoms with van der Waals surface area (Å²) in [7, 11) is 0. The Labute approximate surface area is 156 Å². The fraction of sp³-hybridized carbons (Fsp3) is 0.250. The van der Waals surface area contributed by atoms with Crippen LogP contribution in [0, 0.1) is 12.8 Å². The molecule has 0 saturated heterocycles. The van der Waals surface area contributed by atoms with Crippen molar-refractivity contribution in [3.05, 3.63) is 58.4 Å². The van der Waals surface area contributed by atoms with Gasteiger partial charge in [0.05, 0.1) is 16.1 Å². The highest BCUT2D eigenvalue weighted by Gasteiger charge is 2.25. The van der Waals surface area contributed by atoms with E-state index in [9.17, 15) is 9.59 Å². The average Bonchev–Trinajstić information content (AvgIpc) is 3.16. The van der Waals surface area contributed by atoms with Crippen molar-refractivity contribution in [2.24, 2.45) is 5.92 Å². The fourth-order valence-corrected chi connectivity index (χ4v) is 3.42. The number of benzene rings is 1. The molecule has 0 radical (unpaired) electrons. The first-order valence-corrected chi connectivity index (χ1v) is 9.35. The zero-order valence-electron chi connectivity index (χ0n) is 14.9. The number of nitrogens with zero attached hydrogens (tertiary/aromatic N) is 1. The molecule has 2 heterocycles. The second-order valence-electron chi connectivity index (χ2n) is 6.49. The molecule has 0 saturated carbocycles. The molecule has 2 N–H and O–H groups in total. The molecule has 6 heteroatoms. The lowest BCUT2D eigenvalue weighted by molar-refractivity contribution is -0.118. The second-order valence-corrected chi connectivity index (χ2v) is 7.44. The molecule has 3 rings (SSSR count). The molecular formula is C20H21N3O2S. The maximum Gasteiger partial charge on any atom is 0.262 e.